The summed E-state index contributed by atoms with van der Waals surface area (Å²) in [6, 6.07) is 0.547. The van der Waals surface area contributed by atoms with Gasteiger partial charge in [-0.1, -0.05) is 27.2 Å². The Labute approximate surface area is 123 Å². The standard InChI is InChI=1S/C17H30N2O/c1-5-13-8-10-14(11-9-13)19-16(7-3)17(12(4)20)15(6-2)18-19/h12-14,20H,5-11H2,1-4H3. The van der Waals surface area contributed by atoms with Crippen LogP contribution < -0.4 is 0 Å². The van der Waals surface area contributed by atoms with E-state index >= 15 is 0 Å². The van der Waals surface area contributed by atoms with Gasteiger partial charge in [0.2, 0.25) is 0 Å². The molecular weight excluding hydrogens is 248 g/mol. The van der Waals surface area contributed by atoms with Gasteiger partial charge in [0.05, 0.1) is 17.8 Å². The number of hydrogen-bond acceptors (Lipinski definition) is 2. The van der Waals surface area contributed by atoms with Gasteiger partial charge in [0.15, 0.2) is 0 Å². The Hall–Kier alpha value is -0.830. The molecule has 1 aromatic rings. The average Bonchev–Trinajstić information content (AvgIpc) is 2.86. The van der Waals surface area contributed by atoms with Crippen LogP contribution in [0, 0.1) is 5.92 Å². The molecule has 20 heavy (non-hydrogen) atoms. The molecule has 0 spiro atoms. The molecule has 0 aliphatic heterocycles. The van der Waals surface area contributed by atoms with Crippen molar-refractivity contribution in [2.45, 2.75) is 84.8 Å². The van der Waals surface area contributed by atoms with Crippen LogP contribution in [-0.4, -0.2) is 14.9 Å². The van der Waals surface area contributed by atoms with Gasteiger partial charge < -0.3 is 5.11 Å². The molecule has 3 nitrogen and oxygen atoms in total. The van der Waals surface area contributed by atoms with Gasteiger partial charge in [0.25, 0.3) is 0 Å². The molecule has 1 unspecified atom stereocenters. The van der Waals surface area contributed by atoms with E-state index in [4.69, 9.17) is 5.10 Å². The summed E-state index contributed by atoms with van der Waals surface area (Å²) in [5.74, 6) is 0.911. The Morgan fingerprint density at radius 1 is 1.15 bits per heavy atom. The number of aliphatic hydroxyl groups is 1. The molecule has 2 rings (SSSR count). The van der Waals surface area contributed by atoms with E-state index in [0.29, 0.717) is 6.04 Å². The Kier molecular flexibility index (Phi) is 5.25. The number of aliphatic hydroxyl groups excluding tert-OH is 1. The molecular formula is C17H30N2O. The fraction of sp³-hybridized carbons (Fsp3) is 0.824. The molecule has 0 aromatic carbocycles. The molecule has 1 aliphatic rings. The maximum absolute atomic E-state index is 10.1. The molecule has 0 bridgehead atoms. The zero-order chi connectivity index (χ0) is 14.7. The van der Waals surface area contributed by atoms with Crippen LogP contribution in [0.5, 0.6) is 0 Å². The van der Waals surface area contributed by atoms with Crippen molar-refractivity contribution >= 4 is 0 Å². The Morgan fingerprint density at radius 2 is 1.80 bits per heavy atom. The van der Waals surface area contributed by atoms with Gasteiger partial charge in [-0.2, -0.15) is 5.10 Å². The Bertz CT molecular complexity index is 428. The number of nitrogens with zero attached hydrogens (tertiary/aromatic N) is 2. The van der Waals surface area contributed by atoms with Gasteiger partial charge >= 0.3 is 0 Å². The molecule has 1 N–H and O–H groups in total. The van der Waals surface area contributed by atoms with Crippen LogP contribution in [0.1, 0.15) is 88.9 Å². The largest absolute Gasteiger partial charge is 0.389 e. The van der Waals surface area contributed by atoms with Gasteiger partial charge in [-0.15, -0.1) is 0 Å². The molecule has 0 radical (unpaired) electrons. The van der Waals surface area contributed by atoms with E-state index in [9.17, 15) is 5.11 Å². The first kappa shape index (κ1) is 15.6. The van der Waals surface area contributed by atoms with E-state index in [1.165, 1.54) is 37.8 Å². The van der Waals surface area contributed by atoms with Gasteiger partial charge in [-0.25, -0.2) is 0 Å². The highest BCUT2D eigenvalue weighted by molar-refractivity contribution is 5.29. The van der Waals surface area contributed by atoms with E-state index < -0.39 is 6.10 Å². The molecule has 114 valence electrons. The van der Waals surface area contributed by atoms with Crippen LogP contribution in [0.25, 0.3) is 0 Å². The third kappa shape index (κ3) is 2.93. The lowest BCUT2D eigenvalue weighted by molar-refractivity contribution is 0.196. The second-order valence-corrected chi connectivity index (χ2v) is 6.22. The summed E-state index contributed by atoms with van der Waals surface area (Å²) in [5.41, 5.74) is 3.44. The highest BCUT2D eigenvalue weighted by Crippen LogP contribution is 2.36. The van der Waals surface area contributed by atoms with Crippen LogP contribution in [0.3, 0.4) is 0 Å². The SMILES string of the molecule is CCc1nn(C2CCC(CC)CC2)c(CC)c1C(C)O. The molecule has 1 heterocycles. The second kappa shape index (κ2) is 6.75. The van der Waals surface area contributed by atoms with Crippen molar-refractivity contribution in [2.24, 2.45) is 5.92 Å². The predicted molar refractivity (Wildman–Crippen MR) is 82.9 cm³/mol. The van der Waals surface area contributed by atoms with E-state index in [0.717, 1.165) is 30.0 Å². The third-order valence-corrected chi connectivity index (χ3v) is 4.95. The molecule has 0 amide bonds. The fourth-order valence-corrected chi connectivity index (χ4v) is 3.73. The van der Waals surface area contributed by atoms with Crippen molar-refractivity contribution in [3.8, 4) is 0 Å². The van der Waals surface area contributed by atoms with Crippen LogP contribution in [0.15, 0.2) is 0 Å². The zero-order valence-corrected chi connectivity index (χ0v) is 13.5. The maximum Gasteiger partial charge on any atom is 0.0798 e. The van der Waals surface area contributed by atoms with Gasteiger partial charge in [0, 0.05) is 11.3 Å². The van der Waals surface area contributed by atoms with E-state index in [1.807, 2.05) is 6.92 Å². The summed E-state index contributed by atoms with van der Waals surface area (Å²) >= 11 is 0. The van der Waals surface area contributed by atoms with Gasteiger partial charge in [-0.05, 0) is 51.4 Å². The minimum Gasteiger partial charge on any atom is -0.389 e. The second-order valence-electron chi connectivity index (χ2n) is 6.22. The van der Waals surface area contributed by atoms with Crippen LogP contribution in [-0.2, 0) is 12.8 Å². The molecule has 1 aromatic heterocycles. The van der Waals surface area contributed by atoms with Gasteiger partial charge in [0.1, 0.15) is 0 Å². The fourth-order valence-electron chi connectivity index (χ4n) is 3.73. The zero-order valence-electron chi connectivity index (χ0n) is 13.5. The topological polar surface area (TPSA) is 38.0 Å². The predicted octanol–water partition coefficient (Wildman–Crippen LogP) is 4.20. The van der Waals surface area contributed by atoms with Crippen molar-refractivity contribution in [2.75, 3.05) is 0 Å². The molecule has 1 fully saturated rings. The highest BCUT2D eigenvalue weighted by Gasteiger charge is 2.27. The normalized spacial score (nSPS) is 24.9. The lowest BCUT2D eigenvalue weighted by Crippen LogP contribution is -2.20. The van der Waals surface area contributed by atoms with Crippen LogP contribution in [0.4, 0.5) is 0 Å². The van der Waals surface area contributed by atoms with Crippen LogP contribution >= 0.6 is 0 Å². The van der Waals surface area contributed by atoms with Crippen molar-refractivity contribution < 1.29 is 5.11 Å². The molecule has 0 saturated heterocycles. The van der Waals surface area contributed by atoms with E-state index in [1.54, 1.807) is 0 Å². The lowest BCUT2D eigenvalue weighted by atomic mass is 9.84. The van der Waals surface area contributed by atoms with E-state index in [-0.39, 0.29) is 0 Å². The average molecular weight is 278 g/mol. The summed E-state index contributed by atoms with van der Waals surface area (Å²) in [7, 11) is 0. The minimum atomic E-state index is -0.402. The Balaban J connectivity index is 2.28. The van der Waals surface area contributed by atoms with E-state index in [2.05, 4.69) is 25.5 Å². The first-order chi connectivity index (χ1) is 9.62. The maximum atomic E-state index is 10.1. The molecule has 3 heteroatoms. The Morgan fingerprint density at radius 3 is 2.25 bits per heavy atom. The van der Waals surface area contributed by atoms with Crippen molar-refractivity contribution in [3.63, 3.8) is 0 Å². The van der Waals surface area contributed by atoms with Crippen molar-refractivity contribution in [1.29, 1.82) is 0 Å². The summed E-state index contributed by atoms with van der Waals surface area (Å²) in [6.45, 7) is 8.48. The molecule has 1 atom stereocenters. The smallest absolute Gasteiger partial charge is 0.0798 e. The third-order valence-electron chi connectivity index (χ3n) is 4.95. The summed E-state index contributed by atoms with van der Waals surface area (Å²) in [6.07, 6.45) is 7.92. The monoisotopic (exact) mass is 278 g/mol. The van der Waals surface area contributed by atoms with Crippen molar-refractivity contribution in [3.05, 3.63) is 17.0 Å². The number of aromatic nitrogens is 2. The number of rotatable bonds is 5. The highest BCUT2D eigenvalue weighted by atomic mass is 16.3. The number of hydrogen-bond donors (Lipinski definition) is 1. The van der Waals surface area contributed by atoms with Crippen LogP contribution in [0.2, 0.25) is 0 Å². The quantitative estimate of drug-likeness (QED) is 0.876. The van der Waals surface area contributed by atoms with Crippen molar-refractivity contribution in [1.82, 2.24) is 9.78 Å². The summed E-state index contributed by atoms with van der Waals surface area (Å²) < 4.78 is 2.26. The minimum absolute atomic E-state index is 0.402. The lowest BCUT2D eigenvalue weighted by Gasteiger charge is -2.29. The first-order valence-corrected chi connectivity index (χ1v) is 8.40. The van der Waals surface area contributed by atoms with Gasteiger partial charge in [-0.3, -0.25) is 4.68 Å². The summed E-state index contributed by atoms with van der Waals surface area (Å²) in [5, 5.41) is 14.9. The molecule has 1 aliphatic carbocycles. The number of aryl methyl sites for hydroxylation is 1. The summed E-state index contributed by atoms with van der Waals surface area (Å²) in [4.78, 5) is 0. The molecule has 1 saturated carbocycles. The first-order valence-electron chi connectivity index (χ1n) is 8.40.